The Hall–Kier alpha value is -1.02. The summed E-state index contributed by atoms with van der Waals surface area (Å²) in [5, 5.41) is 9.21. The largest absolute Gasteiger partial charge is 0.508 e. The second kappa shape index (κ2) is 4.12. The number of hydrogen-bond acceptors (Lipinski definition) is 2. The molecule has 0 unspecified atom stereocenters. The van der Waals surface area contributed by atoms with Crippen LogP contribution in [-0.4, -0.2) is 11.7 Å². The van der Waals surface area contributed by atoms with Gasteiger partial charge in [0, 0.05) is 0 Å². The summed E-state index contributed by atoms with van der Waals surface area (Å²) < 4.78 is 0. The van der Waals surface area contributed by atoms with Gasteiger partial charge in [-0.3, -0.25) is 0 Å². The van der Waals surface area contributed by atoms with Gasteiger partial charge in [-0.25, -0.2) is 0 Å². The maximum atomic E-state index is 9.21. The lowest BCUT2D eigenvalue weighted by Gasteiger charge is -2.06. The number of hydrogen-bond donors (Lipinski definition) is 2. The van der Waals surface area contributed by atoms with E-state index in [1.807, 2.05) is 12.1 Å². The van der Waals surface area contributed by atoms with Gasteiger partial charge in [0.2, 0.25) is 0 Å². The normalized spacial score (nSPS) is 10.2. The summed E-state index contributed by atoms with van der Waals surface area (Å²) in [6.07, 6.45) is 1.84. The highest BCUT2D eigenvalue weighted by Gasteiger charge is 2.00. The molecule has 0 atom stereocenters. The van der Waals surface area contributed by atoms with Crippen LogP contribution >= 0.6 is 0 Å². The first kappa shape index (κ1) is 9.07. The lowest BCUT2D eigenvalue weighted by Crippen LogP contribution is -2.04. The number of nitrogens with two attached hydrogens (primary N) is 1. The van der Waals surface area contributed by atoms with Crippen LogP contribution in [0.2, 0.25) is 0 Å². The zero-order chi connectivity index (χ0) is 8.97. The number of phenols is 1. The van der Waals surface area contributed by atoms with Crippen molar-refractivity contribution in [3.05, 3.63) is 29.3 Å². The van der Waals surface area contributed by atoms with Gasteiger partial charge in [0.05, 0.1) is 0 Å². The van der Waals surface area contributed by atoms with Gasteiger partial charge in [0.1, 0.15) is 5.75 Å². The molecule has 0 spiro atoms. The molecule has 0 aliphatic carbocycles. The highest BCUT2D eigenvalue weighted by Crippen LogP contribution is 2.17. The minimum absolute atomic E-state index is 0.340. The average molecular weight is 165 g/mol. The minimum atomic E-state index is 0.340. The molecule has 0 aliphatic rings. The Balaban J connectivity index is 2.94. The van der Waals surface area contributed by atoms with Crippen molar-refractivity contribution in [3.63, 3.8) is 0 Å². The molecule has 2 nitrogen and oxygen atoms in total. The van der Waals surface area contributed by atoms with Gasteiger partial charge in [-0.15, -0.1) is 0 Å². The summed E-state index contributed by atoms with van der Waals surface area (Å²) in [4.78, 5) is 0. The van der Waals surface area contributed by atoms with Crippen LogP contribution in [0.15, 0.2) is 18.2 Å². The topological polar surface area (TPSA) is 46.2 Å². The van der Waals surface area contributed by atoms with Gasteiger partial charge in [0.15, 0.2) is 0 Å². The van der Waals surface area contributed by atoms with E-state index in [4.69, 9.17) is 5.73 Å². The molecule has 0 amide bonds. The van der Waals surface area contributed by atoms with Crippen LogP contribution < -0.4 is 5.73 Å². The van der Waals surface area contributed by atoms with E-state index in [0.717, 1.165) is 12.8 Å². The summed E-state index contributed by atoms with van der Waals surface area (Å²) >= 11 is 0. The van der Waals surface area contributed by atoms with Crippen molar-refractivity contribution in [1.82, 2.24) is 0 Å². The predicted octanol–water partition coefficient (Wildman–Crippen LogP) is 1.46. The number of aromatic hydroxyl groups is 1. The number of benzene rings is 1. The highest BCUT2D eigenvalue weighted by molar-refractivity contribution is 5.35. The first-order valence-corrected chi connectivity index (χ1v) is 4.28. The van der Waals surface area contributed by atoms with Crippen LogP contribution in [0, 0.1) is 0 Å². The molecular formula is C10H15NO. The fourth-order valence-corrected chi connectivity index (χ4v) is 1.34. The Labute approximate surface area is 73.0 Å². The summed E-state index contributed by atoms with van der Waals surface area (Å²) in [6.45, 7) is 2.74. The third-order valence-electron chi connectivity index (χ3n) is 1.98. The Morgan fingerprint density at radius 3 is 2.67 bits per heavy atom. The molecule has 0 aliphatic heterocycles. The molecular weight excluding hydrogens is 150 g/mol. The molecule has 1 aromatic rings. The van der Waals surface area contributed by atoms with Crippen molar-refractivity contribution < 1.29 is 5.11 Å². The summed E-state index contributed by atoms with van der Waals surface area (Å²) in [5.41, 5.74) is 7.90. The van der Waals surface area contributed by atoms with Crippen LogP contribution in [0.3, 0.4) is 0 Å². The summed E-state index contributed by atoms with van der Waals surface area (Å²) in [7, 11) is 0. The molecule has 0 saturated heterocycles. The lowest BCUT2D eigenvalue weighted by atomic mass is 10.0. The van der Waals surface area contributed by atoms with Crippen molar-refractivity contribution >= 4 is 0 Å². The standard InChI is InChI=1S/C10H15NO/c1-2-8-7-10(12)4-3-9(8)5-6-11/h3-4,7,12H,2,5-6,11H2,1H3. The molecule has 66 valence electrons. The molecule has 1 rings (SSSR count). The Kier molecular flexibility index (Phi) is 3.11. The van der Waals surface area contributed by atoms with Crippen molar-refractivity contribution in [2.75, 3.05) is 6.54 Å². The first-order chi connectivity index (χ1) is 5.77. The van der Waals surface area contributed by atoms with Gasteiger partial charge in [-0.05, 0) is 42.6 Å². The van der Waals surface area contributed by atoms with Gasteiger partial charge in [-0.2, -0.15) is 0 Å². The van der Waals surface area contributed by atoms with Gasteiger partial charge in [-0.1, -0.05) is 13.0 Å². The van der Waals surface area contributed by atoms with E-state index >= 15 is 0 Å². The SMILES string of the molecule is CCc1cc(O)ccc1CCN. The number of phenolic OH excluding ortho intramolecular Hbond substituents is 1. The van der Waals surface area contributed by atoms with Crippen molar-refractivity contribution in [2.24, 2.45) is 5.73 Å². The van der Waals surface area contributed by atoms with Crippen LogP contribution in [0.4, 0.5) is 0 Å². The predicted molar refractivity (Wildman–Crippen MR) is 50.2 cm³/mol. The van der Waals surface area contributed by atoms with Crippen molar-refractivity contribution in [1.29, 1.82) is 0 Å². The van der Waals surface area contributed by atoms with E-state index in [1.165, 1.54) is 11.1 Å². The third-order valence-corrected chi connectivity index (χ3v) is 1.98. The molecule has 0 radical (unpaired) electrons. The molecule has 12 heavy (non-hydrogen) atoms. The number of aryl methyl sites for hydroxylation is 1. The Morgan fingerprint density at radius 1 is 1.33 bits per heavy atom. The Morgan fingerprint density at radius 2 is 2.08 bits per heavy atom. The second-order valence-corrected chi connectivity index (χ2v) is 2.85. The minimum Gasteiger partial charge on any atom is -0.508 e. The van der Waals surface area contributed by atoms with Crippen molar-refractivity contribution in [2.45, 2.75) is 19.8 Å². The molecule has 0 heterocycles. The van der Waals surface area contributed by atoms with Crippen molar-refractivity contribution in [3.8, 4) is 5.75 Å². The third kappa shape index (κ3) is 1.98. The summed E-state index contributed by atoms with van der Waals surface area (Å²) in [6, 6.07) is 5.47. The molecule has 0 fully saturated rings. The molecule has 0 saturated carbocycles. The van der Waals surface area contributed by atoms with Gasteiger partial charge < -0.3 is 10.8 Å². The monoisotopic (exact) mass is 165 g/mol. The molecule has 0 bridgehead atoms. The fraction of sp³-hybridized carbons (Fsp3) is 0.400. The molecule has 2 heteroatoms. The van der Waals surface area contributed by atoms with Gasteiger partial charge in [0.25, 0.3) is 0 Å². The first-order valence-electron chi connectivity index (χ1n) is 4.28. The summed E-state index contributed by atoms with van der Waals surface area (Å²) in [5.74, 6) is 0.340. The molecule has 1 aromatic carbocycles. The average Bonchev–Trinajstić information content (AvgIpc) is 2.08. The van der Waals surface area contributed by atoms with E-state index in [1.54, 1.807) is 6.07 Å². The Bertz CT molecular complexity index is 258. The molecule has 3 N–H and O–H groups in total. The van der Waals surface area contributed by atoms with Crippen LogP contribution in [-0.2, 0) is 12.8 Å². The smallest absolute Gasteiger partial charge is 0.115 e. The van der Waals surface area contributed by atoms with E-state index in [9.17, 15) is 5.11 Å². The fourth-order valence-electron chi connectivity index (χ4n) is 1.34. The lowest BCUT2D eigenvalue weighted by molar-refractivity contribution is 0.474. The van der Waals surface area contributed by atoms with E-state index in [0.29, 0.717) is 12.3 Å². The maximum absolute atomic E-state index is 9.21. The van der Waals surface area contributed by atoms with Crippen LogP contribution in [0.25, 0.3) is 0 Å². The van der Waals surface area contributed by atoms with Crippen LogP contribution in [0.5, 0.6) is 5.75 Å². The van der Waals surface area contributed by atoms with E-state index < -0.39 is 0 Å². The van der Waals surface area contributed by atoms with Crippen LogP contribution in [0.1, 0.15) is 18.1 Å². The van der Waals surface area contributed by atoms with E-state index in [2.05, 4.69) is 6.92 Å². The zero-order valence-electron chi connectivity index (χ0n) is 7.38. The highest BCUT2D eigenvalue weighted by atomic mass is 16.3. The molecule has 0 aromatic heterocycles. The maximum Gasteiger partial charge on any atom is 0.115 e. The van der Waals surface area contributed by atoms with E-state index in [-0.39, 0.29) is 0 Å². The second-order valence-electron chi connectivity index (χ2n) is 2.85. The quantitative estimate of drug-likeness (QED) is 0.712. The number of rotatable bonds is 3. The van der Waals surface area contributed by atoms with Gasteiger partial charge >= 0.3 is 0 Å². The zero-order valence-corrected chi connectivity index (χ0v) is 7.38.